The molecule has 4 rings (SSSR count). The number of rotatable bonds is 5. The summed E-state index contributed by atoms with van der Waals surface area (Å²) >= 11 is 0. The fourth-order valence-electron chi connectivity index (χ4n) is 9.20. The summed E-state index contributed by atoms with van der Waals surface area (Å²) < 4.78 is 42.9. The van der Waals surface area contributed by atoms with E-state index >= 15 is 0 Å². The van der Waals surface area contributed by atoms with Gasteiger partial charge < -0.3 is 9.84 Å². The molecule has 0 aromatic rings. The van der Waals surface area contributed by atoms with Gasteiger partial charge >= 0.3 is 12.1 Å². The molecule has 0 aromatic carbocycles. The predicted octanol–water partition coefficient (Wildman–Crippen LogP) is 6.92. The van der Waals surface area contributed by atoms with Crippen LogP contribution in [0.2, 0.25) is 0 Å². The lowest BCUT2D eigenvalue weighted by Gasteiger charge is -2.62. The Hall–Kier alpha value is -0.780. The summed E-state index contributed by atoms with van der Waals surface area (Å²) in [6.07, 6.45) is 4.93. The van der Waals surface area contributed by atoms with Gasteiger partial charge in [0.15, 0.2) is 0 Å². The molecule has 190 valence electrons. The third-order valence-electron chi connectivity index (χ3n) is 11.0. The molecule has 10 atom stereocenters. The first-order valence-electron chi connectivity index (χ1n) is 13.4. The summed E-state index contributed by atoms with van der Waals surface area (Å²) in [5.74, 6) is 0.966. The maximum absolute atomic E-state index is 12.7. The van der Waals surface area contributed by atoms with E-state index in [0.717, 1.165) is 25.7 Å². The minimum atomic E-state index is -4.93. The van der Waals surface area contributed by atoms with Crippen LogP contribution in [0.4, 0.5) is 13.2 Å². The maximum atomic E-state index is 12.7. The van der Waals surface area contributed by atoms with Crippen LogP contribution in [0.3, 0.4) is 0 Å². The molecule has 4 aliphatic carbocycles. The van der Waals surface area contributed by atoms with E-state index in [4.69, 9.17) is 4.74 Å². The highest BCUT2D eigenvalue weighted by atomic mass is 19.4. The highest BCUT2D eigenvalue weighted by molar-refractivity contribution is 5.75. The number of unbranched alkanes of at least 4 members (excludes halogenated alkanes) is 1. The number of aliphatic hydroxyl groups is 1. The minimum absolute atomic E-state index is 0.0122. The molecular formula is C27H43F3O3. The van der Waals surface area contributed by atoms with Crippen molar-refractivity contribution >= 4 is 5.97 Å². The Morgan fingerprint density at radius 3 is 2.48 bits per heavy atom. The van der Waals surface area contributed by atoms with E-state index in [1.165, 1.54) is 32.1 Å². The molecule has 0 radical (unpaired) electrons. The molecule has 0 saturated heterocycles. The minimum Gasteiger partial charge on any atom is -0.456 e. The fourth-order valence-corrected chi connectivity index (χ4v) is 9.20. The molecule has 4 aliphatic rings. The average Bonchev–Trinajstić information content (AvgIpc) is 3.11. The maximum Gasteiger partial charge on any atom is 0.490 e. The van der Waals surface area contributed by atoms with Crippen LogP contribution >= 0.6 is 0 Å². The van der Waals surface area contributed by atoms with Gasteiger partial charge in [-0.3, -0.25) is 0 Å². The van der Waals surface area contributed by atoms with Gasteiger partial charge in [0.1, 0.15) is 6.10 Å². The van der Waals surface area contributed by atoms with Crippen molar-refractivity contribution in [3.8, 4) is 0 Å². The summed E-state index contributed by atoms with van der Waals surface area (Å²) in [4.78, 5) is 11.4. The van der Waals surface area contributed by atoms with Crippen molar-refractivity contribution in [1.82, 2.24) is 0 Å². The van der Waals surface area contributed by atoms with Crippen LogP contribution in [0.15, 0.2) is 0 Å². The molecule has 33 heavy (non-hydrogen) atoms. The van der Waals surface area contributed by atoms with E-state index in [0.29, 0.717) is 42.4 Å². The molecule has 4 saturated carbocycles. The van der Waals surface area contributed by atoms with E-state index in [1.807, 2.05) is 0 Å². The first-order valence-corrected chi connectivity index (χ1v) is 13.4. The molecule has 0 bridgehead atoms. The van der Waals surface area contributed by atoms with E-state index in [1.54, 1.807) is 0 Å². The van der Waals surface area contributed by atoms with Crippen molar-refractivity contribution in [2.24, 2.45) is 46.3 Å². The van der Waals surface area contributed by atoms with Gasteiger partial charge in [0.05, 0.1) is 6.10 Å². The molecule has 0 aliphatic heterocycles. The normalized spacial score (nSPS) is 46.1. The van der Waals surface area contributed by atoms with E-state index in [-0.39, 0.29) is 22.9 Å². The van der Waals surface area contributed by atoms with Crippen molar-refractivity contribution in [1.29, 1.82) is 0 Å². The number of carbonyl (C=O) groups is 1. The van der Waals surface area contributed by atoms with Crippen LogP contribution in [0, 0.1) is 46.3 Å². The van der Waals surface area contributed by atoms with Gasteiger partial charge in [-0.25, -0.2) is 4.79 Å². The van der Waals surface area contributed by atoms with E-state index < -0.39 is 18.2 Å². The molecule has 0 heterocycles. The Bertz CT molecular complexity index is 724. The number of esters is 1. The zero-order chi connectivity index (χ0) is 24.2. The average molecular weight is 473 g/mol. The van der Waals surface area contributed by atoms with Crippen LogP contribution in [-0.2, 0) is 9.53 Å². The van der Waals surface area contributed by atoms with Crippen LogP contribution in [0.25, 0.3) is 0 Å². The summed E-state index contributed by atoms with van der Waals surface area (Å²) in [7, 11) is 0. The fraction of sp³-hybridized carbons (Fsp3) is 0.963. The van der Waals surface area contributed by atoms with Crippen LogP contribution in [-0.4, -0.2) is 29.5 Å². The standard InChI is InChI=1S/C27H43F3O3/c1-5-6-7-16(2)20-10-11-21-19-9-8-17-14-18(33-24(32)27(28,29)30)12-13-25(17,3)22(19)15-23(31)26(20,21)4/h16-23,31H,5-15H2,1-4H3/t16-,17-,18-,19+,20-,21+,22+,23+,25+,26-/m1/s1. The van der Waals surface area contributed by atoms with Gasteiger partial charge in [-0.2, -0.15) is 13.2 Å². The largest absolute Gasteiger partial charge is 0.490 e. The zero-order valence-electron chi connectivity index (χ0n) is 20.8. The van der Waals surface area contributed by atoms with Crippen molar-refractivity contribution < 1.29 is 27.8 Å². The molecule has 0 unspecified atom stereocenters. The Balaban J connectivity index is 1.48. The first kappa shape index (κ1) is 25.3. The molecule has 0 amide bonds. The Morgan fingerprint density at radius 2 is 1.82 bits per heavy atom. The molecule has 1 N–H and O–H groups in total. The van der Waals surface area contributed by atoms with Crippen molar-refractivity contribution in [3.05, 3.63) is 0 Å². The van der Waals surface area contributed by atoms with E-state index in [2.05, 4.69) is 27.7 Å². The molecule has 4 fully saturated rings. The third-order valence-corrected chi connectivity index (χ3v) is 11.0. The number of hydrogen-bond acceptors (Lipinski definition) is 3. The van der Waals surface area contributed by atoms with E-state index in [9.17, 15) is 23.1 Å². The number of carbonyl (C=O) groups excluding carboxylic acids is 1. The van der Waals surface area contributed by atoms with Gasteiger partial charge in [-0.05, 0) is 97.7 Å². The second-order valence-corrected chi connectivity index (χ2v) is 12.4. The Morgan fingerprint density at radius 1 is 1.09 bits per heavy atom. The van der Waals surface area contributed by atoms with Crippen LogP contribution in [0.1, 0.15) is 98.3 Å². The third kappa shape index (κ3) is 4.25. The number of halogens is 3. The van der Waals surface area contributed by atoms with Crippen LogP contribution in [0.5, 0.6) is 0 Å². The number of hydrogen-bond donors (Lipinski definition) is 1. The van der Waals surface area contributed by atoms with Gasteiger partial charge in [0.2, 0.25) is 0 Å². The number of aliphatic hydroxyl groups excluding tert-OH is 1. The second-order valence-electron chi connectivity index (χ2n) is 12.4. The highest BCUT2D eigenvalue weighted by Crippen LogP contribution is 2.68. The molecule has 0 spiro atoms. The molecule has 3 nitrogen and oxygen atoms in total. The second kappa shape index (κ2) is 9.02. The van der Waals surface area contributed by atoms with Gasteiger partial charge in [0, 0.05) is 0 Å². The van der Waals surface area contributed by atoms with Crippen molar-refractivity contribution in [2.45, 2.75) is 117 Å². The summed E-state index contributed by atoms with van der Waals surface area (Å²) in [6, 6.07) is 0. The Labute approximate surface area is 197 Å². The number of ether oxygens (including phenoxy) is 1. The summed E-state index contributed by atoms with van der Waals surface area (Å²) in [5.41, 5.74) is -0.00472. The monoisotopic (exact) mass is 472 g/mol. The number of alkyl halides is 3. The quantitative estimate of drug-likeness (QED) is 0.442. The lowest BCUT2D eigenvalue weighted by molar-refractivity contribution is -0.213. The lowest BCUT2D eigenvalue weighted by atomic mass is 9.43. The Kier molecular flexibility index (Phi) is 6.92. The van der Waals surface area contributed by atoms with Crippen molar-refractivity contribution in [3.63, 3.8) is 0 Å². The zero-order valence-corrected chi connectivity index (χ0v) is 20.8. The first-order chi connectivity index (χ1) is 15.4. The SMILES string of the molecule is CCCC[C@@H](C)[C@H]1CC[C@H]2[C@@H]3CC[C@@H]4C[C@H](OC(=O)C(F)(F)F)CC[C@]4(C)[C@H]3C[C@H](O)[C@]12C. The highest BCUT2D eigenvalue weighted by Gasteiger charge is 2.64. The van der Waals surface area contributed by atoms with Gasteiger partial charge in [0.25, 0.3) is 0 Å². The topological polar surface area (TPSA) is 46.5 Å². The van der Waals surface area contributed by atoms with Crippen LogP contribution < -0.4 is 0 Å². The smallest absolute Gasteiger partial charge is 0.456 e. The van der Waals surface area contributed by atoms with Gasteiger partial charge in [-0.15, -0.1) is 0 Å². The predicted molar refractivity (Wildman–Crippen MR) is 121 cm³/mol. The summed E-state index contributed by atoms with van der Waals surface area (Å²) in [6.45, 7) is 9.29. The number of fused-ring (bicyclic) bond motifs is 5. The van der Waals surface area contributed by atoms with Gasteiger partial charge in [-0.1, -0.05) is 47.0 Å². The van der Waals surface area contributed by atoms with Crippen molar-refractivity contribution in [2.75, 3.05) is 0 Å². The lowest BCUT2D eigenvalue weighted by Crippen LogP contribution is -2.59. The summed E-state index contributed by atoms with van der Waals surface area (Å²) in [5, 5.41) is 11.6. The molecule has 6 heteroatoms. The molecule has 0 aromatic heterocycles. The molecular weight excluding hydrogens is 429 g/mol.